The Bertz CT molecular complexity index is 965. The number of benzene rings is 2. The molecule has 1 amide bonds. The van der Waals surface area contributed by atoms with E-state index in [1.54, 1.807) is 6.07 Å². The Morgan fingerprint density at radius 3 is 2.28 bits per heavy atom. The van der Waals surface area contributed by atoms with E-state index in [0.29, 0.717) is 12.3 Å². The number of hydrogen-bond acceptors (Lipinski definition) is 3. The summed E-state index contributed by atoms with van der Waals surface area (Å²) in [5.74, 6) is 0.870. The summed E-state index contributed by atoms with van der Waals surface area (Å²) >= 11 is 0. The first-order valence-corrected chi connectivity index (χ1v) is 9.98. The van der Waals surface area contributed by atoms with Crippen LogP contribution in [0.15, 0.2) is 65.1 Å². The van der Waals surface area contributed by atoms with Crippen LogP contribution in [-0.4, -0.2) is 16.3 Å². The molecule has 0 saturated carbocycles. The molecule has 29 heavy (non-hydrogen) atoms. The van der Waals surface area contributed by atoms with Crippen LogP contribution < -0.4 is 5.32 Å². The molecule has 1 aromatic heterocycles. The number of rotatable bonds is 6. The van der Waals surface area contributed by atoms with Gasteiger partial charge in [0.05, 0.1) is 6.54 Å². The maximum Gasteiger partial charge on any atom is 0.291 e. The van der Waals surface area contributed by atoms with Crippen LogP contribution in [0, 0.1) is 13.8 Å². The molecule has 0 aliphatic carbocycles. The second kappa shape index (κ2) is 8.66. The molecule has 0 bridgehead atoms. The molecule has 0 atom stereocenters. The fraction of sp³-hybridized carbons (Fsp3) is 0.320. The maximum atomic E-state index is 12.5. The van der Waals surface area contributed by atoms with Crippen LogP contribution in [-0.2, 0) is 13.1 Å². The van der Waals surface area contributed by atoms with Gasteiger partial charge >= 0.3 is 0 Å². The van der Waals surface area contributed by atoms with Gasteiger partial charge in [0.1, 0.15) is 5.76 Å². The van der Waals surface area contributed by atoms with Gasteiger partial charge in [-0.25, -0.2) is 0 Å². The van der Waals surface area contributed by atoms with Gasteiger partial charge in [-0.1, -0.05) is 42.0 Å². The monoisotopic (exact) mass is 390 g/mol. The van der Waals surface area contributed by atoms with E-state index in [1.165, 1.54) is 11.1 Å². The van der Waals surface area contributed by atoms with Crippen molar-refractivity contribution in [1.82, 2.24) is 4.90 Å². The highest BCUT2D eigenvalue weighted by Crippen LogP contribution is 2.23. The lowest BCUT2D eigenvalue weighted by molar-refractivity contribution is 0.0968. The SMILES string of the molecule is Cc1ccc(NC(=O)c2ccc(CN(Cc3ccccc3C)C(C)(C)C)o2)cc1. The highest BCUT2D eigenvalue weighted by atomic mass is 16.4. The smallest absolute Gasteiger partial charge is 0.291 e. The molecule has 0 radical (unpaired) electrons. The van der Waals surface area contributed by atoms with Gasteiger partial charge in [0.15, 0.2) is 5.76 Å². The van der Waals surface area contributed by atoms with Gasteiger partial charge in [-0.05, 0) is 70.0 Å². The first-order chi connectivity index (χ1) is 13.7. The average molecular weight is 391 g/mol. The van der Waals surface area contributed by atoms with Crippen LogP contribution >= 0.6 is 0 Å². The summed E-state index contributed by atoms with van der Waals surface area (Å²) in [5, 5.41) is 2.88. The Kier molecular flexibility index (Phi) is 6.23. The summed E-state index contributed by atoms with van der Waals surface area (Å²) in [4.78, 5) is 14.9. The van der Waals surface area contributed by atoms with Crippen molar-refractivity contribution in [3.63, 3.8) is 0 Å². The van der Waals surface area contributed by atoms with Crippen molar-refractivity contribution < 1.29 is 9.21 Å². The summed E-state index contributed by atoms with van der Waals surface area (Å²) in [6, 6.07) is 19.8. The fourth-order valence-corrected chi connectivity index (χ4v) is 3.13. The number of nitrogens with one attached hydrogen (secondary N) is 1. The summed E-state index contributed by atoms with van der Waals surface area (Å²) in [7, 11) is 0. The molecule has 2 aromatic carbocycles. The van der Waals surface area contributed by atoms with Crippen LogP contribution in [0.4, 0.5) is 5.69 Å². The van der Waals surface area contributed by atoms with Crippen molar-refractivity contribution in [2.24, 2.45) is 0 Å². The van der Waals surface area contributed by atoms with Crippen molar-refractivity contribution in [2.45, 2.75) is 53.2 Å². The molecular formula is C25H30N2O2. The van der Waals surface area contributed by atoms with Crippen molar-refractivity contribution in [2.75, 3.05) is 5.32 Å². The first kappa shape index (κ1) is 20.9. The standard InChI is InChI=1S/C25H30N2O2/c1-18-10-12-21(13-11-18)26-24(28)23-15-14-22(29-23)17-27(25(3,4)5)16-20-9-7-6-8-19(20)2/h6-15H,16-17H2,1-5H3,(H,26,28). The molecule has 1 N–H and O–H groups in total. The minimum absolute atomic E-state index is 0.0423. The van der Waals surface area contributed by atoms with Crippen LogP contribution in [0.2, 0.25) is 0 Å². The summed E-state index contributed by atoms with van der Waals surface area (Å²) in [6.07, 6.45) is 0. The molecule has 4 nitrogen and oxygen atoms in total. The van der Waals surface area contributed by atoms with Gasteiger partial charge in [0, 0.05) is 17.8 Å². The molecule has 0 aliphatic heterocycles. The van der Waals surface area contributed by atoms with Crippen LogP contribution in [0.5, 0.6) is 0 Å². The predicted octanol–water partition coefficient (Wildman–Crippen LogP) is 5.95. The molecule has 0 aliphatic rings. The number of aryl methyl sites for hydroxylation is 2. The minimum Gasteiger partial charge on any atom is -0.455 e. The first-order valence-electron chi connectivity index (χ1n) is 9.98. The van der Waals surface area contributed by atoms with Crippen LogP contribution in [0.3, 0.4) is 0 Å². The summed E-state index contributed by atoms with van der Waals surface area (Å²) in [5.41, 5.74) is 4.44. The van der Waals surface area contributed by atoms with E-state index in [2.05, 4.69) is 62.2 Å². The lowest BCUT2D eigenvalue weighted by Crippen LogP contribution is -2.40. The zero-order chi connectivity index (χ0) is 21.0. The Balaban J connectivity index is 1.71. The topological polar surface area (TPSA) is 45.5 Å². The summed E-state index contributed by atoms with van der Waals surface area (Å²) in [6.45, 7) is 12.2. The van der Waals surface area contributed by atoms with Crippen molar-refractivity contribution in [1.29, 1.82) is 0 Å². The number of amides is 1. The predicted molar refractivity (Wildman–Crippen MR) is 118 cm³/mol. The Labute approximate surface area is 173 Å². The molecule has 0 saturated heterocycles. The molecule has 152 valence electrons. The van der Waals surface area contributed by atoms with Gasteiger partial charge in [0.2, 0.25) is 0 Å². The third kappa shape index (κ3) is 5.58. The fourth-order valence-electron chi connectivity index (χ4n) is 3.13. The summed E-state index contributed by atoms with van der Waals surface area (Å²) < 4.78 is 5.88. The van der Waals surface area contributed by atoms with Gasteiger partial charge in [-0.15, -0.1) is 0 Å². The number of hydrogen-bond donors (Lipinski definition) is 1. The molecule has 1 heterocycles. The second-order valence-electron chi connectivity index (χ2n) is 8.54. The second-order valence-corrected chi connectivity index (χ2v) is 8.54. The lowest BCUT2D eigenvalue weighted by atomic mass is 10.0. The van der Waals surface area contributed by atoms with E-state index in [4.69, 9.17) is 4.42 Å². The number of carbonyl (C=O) groups excluding carboxylic acids is 1. The molecule has 0 unspecified atom stereocenters. The number of nitrogens with zero attached hydrogens (tertiary/aromatic N) is 1. The molecular weight excluding hydrogens is 360 g/mol. The third-order valence-corrected chi connectivity index (χ3v) is 5.11. The van der Waals surface area contributed by atoms with Crippen molar-refractivity contribution in [3.05, 3.63) is 88.9 Å². The van der Waals surface area contributed by atoms with E-state index >= 15 is 0 Å². The zero-order valence-electron chi connectivity index (χ0n) is 18.0. The average Bonchev–Trinajstić information content (AvgIpc) is 3.13. The number of anilines is 1. The molecule has 0 spiro atoms. The van der Waals surface area contributed by atoms with Gasteiger partial charge < -0.3 is 9.73 Å². The van der Waals surface area contributed by atoms with Gasteiger partial charge in [0.25, 0.3) is 5.91 Å². The Morgan fingerprint density at radius 1 is 0.931 bits per heavy atom. The minimum atomic E-state index is -0.235. The molecule has 3 aromatic rings. The van der Waals surface area contributed by atoms with Gasteiger partial charge in [-0.2, -0.15) is 0 Å². The molecule has 4 heteroatoms. The molecule has 0 fully saturated rings. The van der Waals surface area contributed by atoms with Crippen molar-refractivity contribution >= 4 is 11.6 Å². The Morgan fingerprint density at radius 2 is 1.62 bits per heavy atom. The largest absolute Gasteiger partial charge is 0.455 e. The maximum absolute atomic E-state index is 12.5. The highest BCUT2D eigenvalue weighted by molar-refractivity contribution is 6.02. The zero-order valence-corrected chi connectivity index (χ0v) is 18.0. The van der Waals surface area contributed by atoms with Gasteiger partial charge in [-0.3, -0.25) is 9.69 Å². The molecule has 3 rings (SSSR count). The van der Waals surface area contributed by atoms with E-state index < -0.39 is 0 Å². The highest BCUT2D eigenvalue weighted by Gasteiger charge is 2.24. The van der Waals surface area contributed by atoms with E-state index in [-0.39, 0.29) is 11.4 Å². The van der Waals surface area contributed by atoms with Crippen molar-refractivity contribution in [3.8, 4) is 0 Å². The quantitative estimate of drug-likeness (QED) is 0.566. The number of furan rings is 1. The number of carbonyl (C=O) groups is 1. The van der Waals surface area contributed by atoms with E-state index in [9.17, 15) is 4.79 Å². The Hall–Kier alpha value is -2.85. The van der Waals surface area contributed by atoms with E-state index in [0.717, 1.165) is 23.6 Å². The third-order valence-electron chi connectivity index (χ3n) is 5.11. The normalized spacial score (nSPS) is 11.7. The van der Waals surface area contributed by atoms with Crippen LogP contribution in [0.25, 0.3) is 0 Å². The van der Waals surface area contributed by atoms with E-state index in [1.807, 2.05) is 37.3 Å². The van der Waals surface area contributed by atoms with Crippen LogP contribution in [0.1, 0.15) is 53.8 Å². The lowest BCUT2D eigenvalue weighted by Gasteiger charge is -2.35.